The van der Waals surface area contributed by atoms with Gasteiger partial charge in [0.2, 0.25) is 0 Å². The van der Waals surface area contributed by atoms with Gasteiger partial charge in [-0.25, -0.2) is 0 Å². The molecule has 0 N–H and O–H groups in total. The predicted molar refractivity (Wildman–Crippen MR) is 129 cm³/mol. The van der Waals surface area contributed by atoms with Gasteiger partial charge in [0, 0.05) is 23.2 Å². The van der Waals surface area contributed by atoms with E-state index in [9.17, 15) is 9.59 Å². The lowest BCUT2D eigenvalue weighted by atomic mass is 9.46. The number of ketones is 1. The highest BCUT2D eigenvalue weighted by atomic mass is 16.2. The third-order valence-corrected chi connectivity index (χ3v) is 8.40. The number of fused-ring (bicyclic) bond motifs is 7. The highest BCUT2D eigenvalue weighted by molar-refractivity contribution is 6.26. The normalized spacial score (nSPS) is 27.9. The number of benzene rings is 4. The summed E-state index contributed by atoms with van der Waals surface area (Å²) < 4.78 is 0. The summed E-state index contributed by atoms with van der Waals surface area (Å²) in [5, 5.41) is 7.70. The fourth-order valence-electron chi connectivity index (χ4n) is 7.18. The van der Waals surface area contributed by atoms with Crippen LogP contribution < -0.4 is 0 Å². The molecule has 32 heavy (non-hydrogen) atoms. The topological polar surface area (TPSA) is 34.1 Å². The zero-order valence-corrected chi connectivity index (χ0v) is 17.6. The van der Waals surface area contributed by atoms with Gasteiger partial charge in [0.05, 0.1) is 0 Å². The van der Waals surface area contributed by atoms with Crippen molar-refractivity contribution in [3.05, 3.63) is 96.1 Å². The Hall–Kier alpha value is -3.52. The molecule has 4 unspecified atom stereocenters. The van der Waals surface area contributed by atoms with Gasteiger partial charge in [0.25, 0.3) is 0 Å². The minimum Gasteiger partial charge on any atom is -0.295 e. The van der Waals surface area contributed by atoms with Gasteiger partial charge in [-0.2, -0.15) is 0 Å². The van der Waals surface area contributed by atoms with Crippen molar-refractivity contribution in [2.75, 3.05) is 0 Å². The van der Waals surface area contributed by atoms with E-state index in [4.69, 9.17) is 0 Å². The molecule has 7 rings (SSSR count). The number of rotatable bonds is 3. The minimum absolute atomic E-state index is 0.0277. The number of carbonyl (C=O) groups excluding carboxylic acids is 2. The molecule has 0 radical (unpaired) electrons. The van der Waals surface area contributed by atoms with Gasteiger partial charge >= 0.3 is 0 Å². The molecule has 3 aliphatic rings. The Morgan fingerprint density at radius 2 is 1.59 bits per heavy atom. The maximum atomic E-state index is 12.3. The van der Waals surface area contributed by atoms with Gasteiger partial charge in [0.15, 0.2) is 12.1 Å². The van der Waals surface area contributed by atoms with Crippen LogP contribution in [-0.4, -0.2) is 12.1 Å². The molecule has 4 aromatic rings. The fourth-order valence-corrected chi connectivity index (χ4v) is 7.18. The van der Waals surface area contributed by atoms with Crippen LogP contribution in [0.3, 0.4) is 0 Å². The minimum atomic E-state index is -0.229. The molecule has 2 bridgehead atoms. The second-order valence-electron chi connectivity index (χ2n) is 9.60. The van der Waals surface area contributed by atoms with Crippen LogP contribution in [0.2, 0.25) is 0 Å². The van der Waals surface area contributed by atoms with Crippen LogP contribution in [0, 0.1) is 17.3 Å². The fraction of sp³-hybridized carbons (Fsp3) is 0.200. The number of aldehydes is 1. The third-order valence-electron chi connectivity index (χ3n) is 8.40. The molecule has 1 spiro atoms. The average molecular weight is 415 g/mol. The molecule has 0 saturated heterocycles. The van der Waals surface area contributed by atoms with Crippen molar-refractivity contribution >= 4 is 44.4 Å². The van der Waals surface area contributed by atoms with E-state index in [1.165, 1.54) is 43.5 Å². The van der Waals surface area contributed by atoms with E-state index in [-0.39, 0.29) is 23.0 Å². The molecular weight excluding hydrogens is 392 g/mol. The summed E-state index contributed by atoms with van der Waals surface area (Å²) in [6, 6.07) is 24.3. The SMILES string of the molecule is O=CC(=O)C1CCC23C=CC=C(C2c2cccc4c2ccc2c5ccccc5ccc42)C13. The first-order valence-electron chi connectivity index (χ1n) is 11.4. The van der Waals surface area contributed by atoms with Crippen LogP contribution >= 0.6 is 0 Å². The van der Waals surface area contributed by atoms with Gasteiger partial charge in [0.1, 0.15) is 0 Å². The van der Waals surface area contributed by atoms with Crippen LogP contribution in [0.1, 0.15) is 24.3 Å². The molecule has 0 amide bonds. The first-order chi connectivity index (χ1) is 15.7. The van der Waals surface area contributed by atoms with Crippen molar-refractivity contribution in [2.45, 2.75) is 18.8 Å². The van der Waals surface area contributed by atoms with Gasteiger partial charge in [-0.1, -0.05) is 90.5 Å². The monoisotopic (exact) mass is 414 g/mol. The molecule has 2 fully saturated rings. The average Bonchev–Trinajstić information content (AvgIpc) is 3.19. The highest BCUT2D eigenvalue weighted by Crippen LogP contribution is 2.72. The van der Waals surface area contributed by atoms with Gasteiger partial charge in [-0.3, -0.25) is 9.59 Å². The second kappa shape index (κ2) is 6.26. The van der Waals surface area contributed by atoms with Crippen molar-refractivity contribution in [2.24, 2.45) is 17.3 Å². The Morgan fingerprint density at radius 3 is 2.50 bits per heavy atom. The van der Waals surface area contributed by atoms with Gasteiger partial charge < -0.3 is 0 Å². The van der Waals surface area contributed by atoms with E-state index in [0.717, 1.165) is 12.8 Å². The Kier molecular flexibility index (Phi) is 3.54. The lowest BCUT2D eigenvalue weighted by molar-refractivity contribution is -0.133. The molecule has 0 aliphatic heterocycles. The molecule has 3 aliphatic carbocycles. The number of hydrogen-bond donors (Lipinski definition) is 0. The zero-order chi connectivity index (χ0) is 21.4. The molecule has 0 heterocycles. The number of hydrogen-bond acceptors (Lipinski definition) is 2. The van der Waals surface area contributed by atoms with E-state index in [2.05, 4.69) is 85.0 Å². The summed E-state index contributed by atoms with van der Waals surface area (Å²) in [6.07, 6.45) is 8.98. The predicted octanol–water partition coefficient (Wildman–Crippen LogP) is 6.52. The molecule has 4 aromatic carbocycles. The molecular formula is C30H22O2. The van der Waals surface area contributed by atoms with Crippen molar-refractivity contribution in [1.29, 1.82) is 0 Å². The van der Waals surface area contributed by atoms with Crippen molar-refractivity contribution < 1.29 is 9.59 Å². The Bertz CT molecular complexity index is 1540. The maximum absolute atomic E-state index is 12.3. The lowest BCUT2D eigenvalue weighted by Gasteiger charge is -2.57. The molecule has 2 heteroatoms. The Labute approximate surface area is 186 Å². The van der Waals surface area contributed by atoms with Crippen molar-refractivity contribution in [3.8, 4) is 0 Å². The summed E-state index contributed by atoms with van der Waals surface area (Å²) in [5.41, 5.74) is 2.65. The zero-order valence-electron chi connectivity index (χ0n) is 17.6. The van der Waals surface area contributed by atoms with Crippen LogP contribution in [-0.2, 0) is 9.59 Å². The molecule has 154 valence electrons. The summed E-state index contributed by atoms with van der Waals surface area (Å²) in [7, 11) is 0. The first kappa shape index (κ1) is 18.1. The maximum Gasteiger partial charge on any atom is 0.198 e. The second-order valence-corrected chi connectivity index (χ2v) is 9.60. The number of carbonyl (C=O) groups is 2. The van der Waals surface area contributed by atoms with Crippen LogP contribution in [0.5, 0.6) is 0 Å². The van der Waals surface area contributed by atoms with E-state index < -0.39 is 0 Å². The van der Waals surface area contributed by atoms with Crippen LogP contribution in [0.15, 0.2) is 90.5 Å². The van der Waals surface area contributed by atoms with Crippen molar-refractivity contribution in [1.82, 2.24) is 0 Å². The first-order valence-corrected chi connectivity index (χ1v) is 11.4. The standard InChI is InChI=1S/C30H22O2/c31-17-27(32)25-14-16-30-15-4-9-26(29(25)30)28(30)24-8-3-7-20-22-11-10-18-5-1-2-6-19(18)21(22)12-13-23(20)24/h1-13,15,17,25,28-29H,14,16H2. The molecule has 4 atom stereocenters. The highest BCUT2D eigenvalue weighted by Gasteiger charge is 2.65. The van der Waals surface area contributed by atoms with E-state index in [0.29, 0.717) is 12.2 Å². The lowest BCUT2D eigenvalue weighted by Crippen LogP contribution is -2.49. The van der Waals surface area contributed by atoms with E-state index in [1.807, 2.05) is 0 Å². The summed E-state index contributed by atoms with van der Waals surface area (Å²) in [6.45, 7) is 0. The van der Waals surface area contributed by atoms with Crippen LogP contribution in [0.4, 0.5) is 0 Å². The Balaban J connectivity index is 1.43. The number of Topliss-reactive ketones (excluding diaryl/α,β-unsaturated/α-hetero) is 1. The summed E-state index contributed by atoms with van der Waals surface area (Å²) in [5.74, 6) is 0.104. The Morgan fingerprint density at radius 1 is 0.844 bits per heavy atom. The summed E-state index contributed by atoms with van der Waals surface area (Å²) >= 11 is 0. The van der Waals surface area contributed by atoms with Crippen LogP contribution in [0.25, 0.3) is 32.3 Å². The van der Waals surface area contributed by atoms with E-state index in [1.54, 1.807) is 0 Å². The van der Waals surface area contributed by atoms with Gasteiger partial charge in [-0.15, -0.1) is 0 Å². The quantitative estimate of drug-likeness (QED) is 0.217. The molecule has 2 nitrogen and oxygen atoms in total. The molecule has 2 saturated carbocycles. The number of allylic oxidation sites excluding steroid dienone is 4. The summed E-state index contributed by atoms with van der Waals surface area (Å²) in [4.78, 5) is 23.6. The van der Waals surface area contributed by atoms with E-state index >= 15 is 0 Å². The molecule has 0 aromatic heterocycles. The third kappa shape index (κ3) is 2.10. The largest absolute Gasteiger partial charge is 0.295 e. The smallest absolute Gasteiger partial charge is 0.198 e. The van der Waals surface area contributed by atoms with Gasteiger partial charge in [-0.05, 0) is 50.7 Å². The van der Waals surface area contributed by atoms with Crippen molar-refractivity contribution in [3.63, 3.8) is 0 Å².